The number of carbonyl (C=O) groups is 1. The van der Waals surface area contributed by atoms with Crippen molar-refractivity contribution in [2.45, 2.75) is 12.6 Å². The van der Waals surface area contributed by atoms with Gasteiger partial charge in [0.2, 0.25) is 5.76 Å². The van der Waals surface area contributed by atoms with Gasteiger partial charge in [-0.3, -0.25) is 9.59 Å². The van der Waals surface area contributed by atoms with Gasteiger partial charge in [0, 0.05) is 4.47 Å². The third kappa shape index (κ3) is 3.54. The average Bonchev–Trinajstić information content (AvgIpc) is 3.15. The van der Waals surface area contributed by atoms with E-state index in [2.05, 4.69) is 21.2 Å². The Hall–Kier alpha value is -3.58. The third-order valence-electron chi connectivity index (χ3n) is 5.42. The van der Waals surface area contributed by atoms with Crippen LogP contribution < -0.4 is 20.2 Å². The molecule has 1 amide bonds. The van der Waals surface area contributed by atoms with Crippen molar-refractivity contribution in [3.05, 3.63) is 104 Å². The molecule has 160 valence electrons. The first-order chi connectivity index (χ1) is 15.5. The van der Waals surface area contributed by atoms with Crippen molar-refractivity contribution < 1.29 is 18.7 Å². The highest BCUT2D eigenvalue weighted by molar-refractivity contribution is 9.10. The second-order valence-electron chi connectivity index (χ2n) is 7.41. The van der Waals surface area contributed by atoms with Gasteiger partial charge >= 0.3 is 0 Å². The predicted molar refractivity (Wildman–Crippen MR) is 123 cm³/mol. The van der Waals surface area contributed by atoms with E-state index in [-0.39, 0.29) is 11.2 Å². The van der Waals surface area contributed by atoms with Crippen molar-refractivity contribution in [3.63, 3.8) is 0 Å². The monoisotopic (exact) mass is 491 g/mol. The molecular formula is C25H18BrNO5. The predicted octanol–water partition coefficient (Wildman–Crippen LogP) is 4.98. The Morgan fingerprint density at radius 2 is 1.81 bits per heavy atom. The van der Waals surface area contributed by atoms with Gasteiger partial charge in [0.25, 0.3) is 5.91 Å². The molecule has 32 heavy (non-hydrogen) atoms. The number of amides is 1. The first-order valence-electron chi connectivity index (χ1n) is 9.97. The summed E-state index contributed by atoms with van der Waals surface area (Å²) in [5, 5.41) is 3.27. The van der Waals surface area contributed by atoms with E-state index >= 15 is 0 Å². The minimum absolute atomic E-state index is 0.0400. The van der Waals surface area contributed by atoms with E-state index in [0.29, 0.717) is 40.2 Å². The lowest BCUT2D eigenvalue weighted by Crippen LogP contribution is -2.22. The molecule has 1 aliphatic heterocycles. The standard InChI is InChI=1S/C25H18BrNO5/c1-30-20-11-15(7-9-19(20)31-13-14-5-3-2-4-6-14)22-21-23(28)17-12-16(26)8-10-18(17)32-24(21)25(29)27-22/h2-12,22H,13H2,1H3,(H,27,29). The second kappa shape index (κ2) is 8.16. The number of benzene rings is 3. The summed E-state index contributed by atoms with van der Waals surface area (Å²) in [5.41, 5.74) is 2.15. The van der Waals surface area contributed by atoms with Crippen LogP contribution in [0.15, 0.2) is 80.4 Å². The molecule has 0 saturated carbocycles. The lowest BCUT2D eigenvalue weighted by Gasteiger charge is -2.16. The summed E-state index contributed by atoms with van der Waals surface area (Å²) in [6.07, 6.45) is 0. The molecule has 1 atom stereocenters. The number of methoxy groups -OCH3 is 1. The molecule has 4 aromatic rings. The highest BCUT2D eigenvalue weighted by Crippen LogP contribution is 2.36. The molecule has 1 aromatic heterocycles. The summed E-state index contributed by atoms with van der Waals surface area (Å²) in [7, 11) is 1.55. The van der Waals surface area contributed by atoms with Crippen LogP contribution in [-0.4, -0.2) is 13.0 Å². The van der Waals surface area contributed by atoms with Gasteiger partial charge < -0.3 is 19.2 Å². The van der Waals surface area contributed by atoms with Crippen molar-refractivity contribution in [1.29, 1.82) is 0 Å². The SMILES string of the molecule is COc1cc(C2NC(=O)c3oc4ccc(Br)cc4c(=O)c32)ccc1OCc1ccccc1. The molecule has 0 radical (unpaired) electrons. The molecular weight excluding hydrogens is 474 g/mol. The molecule has 7 heteroatoms. The zero-order valence-corrected chi connectivity index (χ0v) is 18.6. The number of hydrogen-bond donors (Lipinski definition) is 1. The van der Waals surface area contributed by atoms with E-state index in [1.165, 1.54) is 0 Å². The Morgan fingerprint density at radius 1 is 1.00 bits per heavy atom. The highest BCUT2D eigenvalue weighted by atomic mass is 79.9. The van der Waals surface area contributed by atoms with E-state index in [1.807, 2.05) is 36.4 Å². The fraction of sp³-hybridized carbons (Fsp3) is 0.120. The minimum Gasteiger partial charge on any atom is -0.493 e. The van der Waals surface area contributed by atoms with Crippen molar-refractivity contribution in [1.82, 2.24) is 5.32 Å². The Morgan fingerprint density at radius 3 is 2.59 bits per heavy atom. The number of ether oxygens (including phenoxy) is 2. The fourth-order valence-electron chi connectivity index (χ4n) is 3.85. The van der Waals surface area contributed by atoms with Crippen molar-refractivity contribution in [2.24, 2.45) is 0 Å². The summed E-state index contributed by atoms with van der Waals surface area (Å²) < 4.78 is 18.0. The highest BCUT2D eigenvalue weighted by Gasteiger charge is 2.36. The molecule has 0 aliphatic carbocycles. The fourth-order valence-corrected chi connectivity index (χ4v) is 4.21. The van der Waals surface area contributed by atoms with E-state index in [9.17, 15) is 9.59 Å². The average molecular weight is 492 g/mol. The lowest BCUT2D eigenvalue weighted by atomic mass is 9.99. The maximum absolute atomic E-state index is 13.3. The zero-order chi connectivity index (χ0) is 22.2. The van der Waals surface area contributed by atoms with Gasteiger partial charge in [0.1, 0.15) is 12.2 Å². The molecule has 1 aliphatic rings. The number of hydrogen-bond acceptors (Lipinski definition) is 5. The summed E-state index contributed by atoms with van der Waals surface area (Å²) >= 11 is 3.38. The summed E-state index contributed by atoms with van der Waals surface area (Å²) in [5.74, 6) is 0.696. The van der Waals surface area contributed by atoms with Gasteiger partial charge in [-0.2, -0.15) is 0 Å². The lowest BCUT2D eigenvalue weighted by molar-refractivity contribution is 0.0938. The van der Waals surface area contributed by atoms with Crippen LogP contribution in [0, 0.1) is 0 Å². The Labute approximate surface area is 191 Å². The smallest absolute Gasteiger partial charge is 0.288 e. The normalized spacial score (nSPS) is 14.8. The van der Waals surface area contributed by atoms with Crippen molar-refractivity contribution >= 4 is 32.8 Å². The number of fused-ring (bicyclic) bond motifs is 2. The van der Waals surface area contributed by atoms with Crippen molar-refractivity contribution in [2.75, 3.05) is 7.11 Å². The Balaban J connectivity index is 1.52. The van der Waals surface area contributed by atoms with Crippen molar-refractivity contribution in [3.8, 4) is 11.5 Å². The van der Waals surface area contributed by atoms with Crippen LogP contribution >= 0.6 is 15.9 Å². The molecule has 2 heterocycles. The maximum Gasteiger partial charge on any atom is 0.288 e. The van der Waals surface area contributed by atoms with Crippen LogP contribution in [0.5, 0.6) is 11.5 Å². The first kappa shape index (κ1) is 20.3. The van der Waals surface area contributed by atoms with Gasteiger partial charge in [0.15, 0.2) is 16.9 Å². The van der Waals surface area contributed by atoms with Gasteiger partial charge in [-0.15, -0.1) is 0 Å². The summed E-state index contributed by atoms with van der Waals surface area (Å²) in [6.45, 7) is 0.393. The molecule has 1 unspecified atom stereocenters. The summed E-state index contributed by atoms with van der Waals surface area (Å²) in [6, 6.07) is 19.7. The summed E-state index contributed by atoms with van der Waals surface area (Å²) in [4.78, 5) is 25.8. The molecule has 1 N–H and O–H groups in total. The molecule has 5 rings (SSSR count). The Kier molecular flexibility index (Phi) is 5.19. The van der Waals surface area contributed by atoms with E-state index in [0.717, 1.165) is 10.0 Å². The van der Waals surface area contributed by atoms with E-state index < -0.39 is 11.9 Å². The zero-order valence-electron chi connectivity index (χ0n) is 17.1. The molecule has 0 bridgehead atoms. The van der Waals surface area contributed by atoms with Crippen LogP contribution in [0.4, 0.5) is 0 Å². The van der Waals surface area contributed by atoms with Crippen LogP contribution in [0.3, 0.4) is 0 Å². The largest absolute Gasteiger partial charge is 0.493 e. The maximum atomic E-state index is 13.3. The number of halogens is 1. The molecule has 0 fully saturated rings. The number of rotatable bonds is 5. The molecule has 6 nitrogen and oxygen atoms in total. The molecule has 0 saturated heterocycles. The minimum atomic E-state index is -0.644. The molecule has 3 aromatic carbocycles. The van der Waals surface area contributed by atoms with Crippen LogP contribution in [0.1, 0.15) is 33.3 Å². The van der Waals surface area contributed by atoms with Gasteiger partial charge in [-0.1, -0.05) is 52.3 Å². The van der Waals surface area contributed by atoms with Gasteiger partial charge in [-0.25, -0.2) is 0 Å². The van der Waals surface area contributed by atoms with Crippen LogP contribution in [0.2, 0.25) is 0 Å². The second-order valence-corrected chi connectivity index (χ2v) is 8.32. The van der Waals surface area contributed by atoms with Crippen LogP contribution in [-0.2, 0) is 6.61 Å². The Bertz CT molecular complexity index is 1400. The quantitative estimate of drug-likeness (QED) is 0.426. The van der Waals surface area contributed by atoms with E-state index in [1.54, 1.807) is 37.4 Å². The third-order valence-corrected chi connectivity index (χ3v) is 5.91. The van der Waals surface area contributed by atoms with E-state index in [4.69, 9.17) is 13.9 Å². The number of nitrogens with one attached hydrogen (secondary N) is 1. The van der Waals surface area contributed by atoms with Gasteiger partial charge in [0.05, 0.1) is 24.1 Å². The number of carbonyl (C=O) groups excluding carboxylic acids is 1. The first-order valence-corrected chi connectivity index (χ1v) is 10.8. The molecule has 0 spiro atoms. The van der Waals surface area contributed by atoms with Gasteiger partial charge in [-0.05, 0) is 41.5 Å². The van der Waals surface area contributed by atoms with Crippen LogP contribution in [0.25, 0.3) is 11.0 Å². The topological polar surface area (TPSA) is 77.8 Å².